The molecule has 1 amide bonds. The highest BCUT2D eigenvalue weighted by Gasteiger charge is 2.47. The first-order valence-corrected chi connectivity index (χ1v) is 9.09. The van der Waals surface area contributed by atoms with Gasteiger partial charge in [0.15, 0.2) is 0 Å². The number of likely N-dealkylation sites (tertiary alicyclic amines) is 2. The summed E-state index contributed by atoms with van der Waals surface area (Å²) in [6.45, 7) is 4.57. The number of aromatic nitrogens is 2. The van der Waals surface area contributed by atoms with E-state index in [0.29, 0.717) is 18.7 Å². The normalized spacial score (nSPS) is 27.5. The van der Waals surface area contributed by atoms with E-state index in [1.165, 1.54) is 0 Å². The van der Waals surface area contributed by atoms with Crippen LogP contribution in [0.25, 0.3) is 11.0 Å². The zero-order valence-corrected chi connectivity index (χ0v) is 15.0. The van der Waals surface area contributed by atoms with Crippen LogP contribution in [0.2, 0.25) is 0 Å². The fourth-order valence-corrected chi connectivity index (χ4v) is 4.65. The third-order valence-electron chi connectivity index (χ3n) is 6.15. The standard InChI is InChI=1S/C19H26N4O2/c1-13-20-15-5-4-14(10-16(15)21-13)18(25)23-9-7-19(12-24)6-3-8-22(2)17(19)11-23/h4-5,10,17,24H,3,6-9,11-12H2,1-2H3,(H,20,21)/t17-,19-/m1/s1. The van der Waals surface area contributed by atoms with Gasteiger partial charge in [-0.05, 0) is 58.0 Å². The molecule has 134 valence electrons. The van der Waals surface area contributed by atoms with E-state index in [-0.39, 0.29) is 24.0 Å². The molecular formula is C19H26N4O2. The lowest BCUT2D eigenvalue weighted by molar-refractivity contribution is -0.0601. The molecule has 3 heterocycles. The van der Waals surface area contributed by atoms with Crippen molar-refractivity contribution in [2.75, 3.05) is 33.3 Å². The van der Waals surface area contributed by atoms with Gasteiger partial charge in [-0.3, -0.25) is 4.79 Å². The van der Waals surface area contributed by atoms with Crippen molar-refractivity contribution >= 4 is 16.9 Å². The van der Waals surface area contributed by atoms with Crippen molar-refractivity contribution < 1.29 is 9.90 Å². The molecule has 25 heavy (non-hydrogen) atoms. The van der Waals surface area contributed by atoms with Gasteiger partial charge in [-0.25, -0.2) is 4.98 Å². The molecule has 2 saturated heterocycles. The molecule has 6 heteroatoms. The maximum Gasteiger partial charge on any atom is 0.253 e. The predicted molar refractivity (Wildman–Crippen MR) is 96.5 cm³/mol. The first-order valence-electron chi connectivity index (χ1n) is 9.09. The molecule has 6 nitrogen and oxygen atoms in total. The van der Waals surface area contributed by atoms with Gasteiger partial charge >= 0.3 is 0 Å². The van der Waals surface area contributed by atoms with Gasteiger partial charge in [-0.1, -0.05) is 0 Å². The number of aliphatic hydroxyl groups is 1. The second-order valence-electron chi connectivity index (χ2n) is 7.68. The Balaban J connectivity index is 1.58. The van der Waals surface area contributed by atoms with Gasteiger partial charge in [-0.2, -0.15) is 0 Å². The molecule has 2 fully saturated rings. The van der Waals surface area contributed by atoms with Gasteiger partial charge in [0, 0.05) is 30.1 Å². The number of hydrogen-bond acceptors (Lipinski definition) is 4. The lowest BCUT2D eigenvalue weighted by Crippen LogP contribution is -2.62. The van der Waals surface area contributed by atoms with Crippen LogP contribution in [0.3, 0.4) is 0 Å². The number of likely N-dealkylation sites (N-methyl/N-ethyl adjacent to an activating group) is 1. The average Bonchev–Trinajstić information content (AvgIpc) is 3.00. The van der Waals surface area contributed by atoms with Gasteiger partial charge in [0.05, 0.1) is 17.6 Å². The maximum absolute atomic E-state index is 13.0. The Morgan fingerprint density at radius 2 is 2.24 bits per heavy atom. The van der Waals surface area contributed by atoms with Crippen molar-refractivity contribution in [3.63, 3.8) is 0 Å². The molecule has 2 N–H and O–H groups in total. The van der Waals surface area contributed by atoms with Crippen LogP contribution in [0.15, 0.2) is 18.2 Å². The number of amides is 1. The number of aryl methyl sites for hydroxylation is 1. The molecule has 4 rings (SSSR count). The summed E-state index contributed by atoms with van der Waals surface area (Å²) in [5.41, 5.74) is 2.44. The molecule has 0 saturated carbocycles. The number of carbonyl (C=O) groups excluding carboxylic acids is 1. The van der Waals surface area contributed by atoms with E-state index < -0.39 is 0 Å². The quantitative estimate of drug-likeness (QED) is 0.873. The number of carbonyl (C=O) groups is 1. The number of nitrogens with zero attached hydrogens (tertiary/aromatic N) is 3. The Labute approximate surface area is 147 Å². The lowest BCUT2D eigenvalue weighted by atomic mass is 9.69. The Morgan fingerprint density at radius 3 is 3.04 bits per heavy atom. The molecule has 0 bridgehead atoms. The van der Waals surface area contributed by atoms with Crippen molar-refractivity contribution in [1.29, 1.82) is 0 Å². The first kappa shape index (κ1) is 16.5. The van der Waals surface area contributed by atoms with Crippen LogP contribution in [0.5, 0.6) is 0 Å². The smallest absolute Gasteiger partial charge is 0.253 e. The number of rotatable bonds is 2. The van der Waals surface area contributed by atoms with E-state index in [0.717, 1.165) is 42.7 Å². The van der Waals surface area contributed by atoms with Crippen LogP contribution >= 0.6 is 0 Å². The molecule has 0 unspecified atom stereocenters. The summed E-state index contributed by atoms with van der Waals surface area (Å²) in [7, 11) is 2.11. The topological polar surface area (TPSA) is 72.5 Å². The second kappa shape index (κ2) is 6.11. The van der Waals surface area contributed by atoms with Crippen molar-refractivity contribution in [3.8, 4) is 0 Å². The third kappa shape index (κ3) is 2.73. The third-order valence-corrected chi connectivity index (χ3v) is 6.15. The van der Waals surface area contributed by atoms with Crippen LogP contribution < -0.4 is 0 Å². The Morgan fingerprint density at radius 1 is 1.40 bits per heavy atom. The van der Waals surface area contributed by atoms with E-state index >= 15 is 0 Å². The van der Waals surface area contributed by atoms with E-state index in [4.69, 9.17) is 0 Å². The number of fused-ring (bicyclic) bond motifs is 2. The highest BCUT2D eigenvalue weighted by molar-refractivity contribution is 5.97. The summed E-state index contributed by atoms with van der Waals surface area (Å²) >= 11 is 0. The molecular weight excluding hydrogens is 316 g/mol. The molecule has 0 spiro atoms. The Kier molecular flexibility index (Phi) is 4.04. The zero-order chi connectivity index (χ0) is 17.6. The van der Waals surface area contributed by atoms with E-state index in [1.54, 1.807) is 0 Å². The molecule has 1 aromatic heterocycles. The summed E-state index contributed by atoms with van der Waals surface area (Å²) in [6, 6.07) is 5.91. The minimum atomic E-state index is -0.0474. The minimum absolute atomic E-state index is 0.0474. The molecule has 2 aliphatic heterocycles. The van der Waals surface area contributed by atoms with Crippen LogP contribution in [0, 0.1) is 12.3 Å². The molecule has 0 radical (unpaired) electrons. The predicted octanol–water partition coefficient (Wildman–Crippen LogP) is 1.79. The minimum Gasteiger partial charge on any atom is -0.396 e. The maximum atomic E-state index is 13.0. The number of aromatic amines is 1. The zero-order valence-electron chi connectivity index (χ0n) is 15.0. The van der Waals surface area contributed by atoms with E-state index in [9.17, 15) is 9.90 Å². The number of imidazole rings is 1. The summed E-state index contributed by atoms with van der Waals surface area (Å²) in [4.78, 5) is 24.9. The molecule has 0 aliphatic carbocycles. The van der Waals surface area contributed by atoms with Crippen LogP contribution in [-0.4, -0.2) is 70.1 Å². The van der Waals surface area contributed by atoms with Gasteiger partial charge in [0.2, 0.25) is 0 Å². The largest absolute Gasteiger partial charge is 0.396 e. The molecule has 1 aromatic carbocycles. The number of H-pyrrole nitrogens is 1. The highest BCUT2D eigenvalue weighted by Crippen LogP contribution is 2.41. The van der Waals surface area contributed by atoms with Gasteiger partial charge < -0.3 is 19.9 Å². The molecule has 2 atom stereocenters. The summed E-state index contributed by atoms with van der Waals surface area (Å²) in [5.74, 6) is 0.925. The van der Waals surface area contributed by atoms with Gasteiger partial charge in [0.25, 0.3) is 5.91 Å². The van der Waals surface area contributed by atoms with Crippen molar-refractivity contribution in [2.45, 2.75) is 32.2 Å². The van der Waals surface area contributed by atoms with E-state index in [1.807, 2.05) is 30.0 Å². The van der Waals surface area contributed by atoms with Crippen molar-refractivity contribution in [1.82, 2.24) is 19.8 Å². The summed E-state index contributed by atoms with van der Waals surface area (Å²) < 4.78 is 0. The van der Waals surface area contributed by atoms with Gasteiger partial charge in [-0.15, -0.1) is 0 Å². The summed E-state index contributed by atoms with van der Waals surface area (Å²) in [6.07, 6.45) is 3.05. The van der Waals surface area contributed by atoms with Crippen molar-refractivity contribution in [3.05, 3.63) is 29.6 Å². The van der Waals surface area contributed by atoms with E-state index in [2.05, 4.69) is 21.9 Å². The number of nitrogens with one attached hydrogen (secondary N) is 1. The summed E-state index contributed by atoms with van der Waals surface area (Å²) in [5, 5.41) is 10.0. The Bertz CT molecular complexity index is 802. The highest BCUT2D eigenvalue weighted by atomic mass is 16.3. The number of hydrogen-bond donors (Lipinski definition) is 2. The SMILES string of the molecule is Cc1nc2ccc(C(=O)N3CC[C@@]4(CO)CCCN(C)[C@@H]4C3)cc2[nH]1. The Hall–Kier alpha value is -1.92. The number of piperidine rings is 2. The fraction of sp³-hybridized carbons (Fsp3) is 0.579. The first-order chi connectivity index (χ1) is 12.0. The van der Waals surface area contributed by atoms with Crippen LogP contribution in [-0.2, 0) is 0 Å². The lowest BCUT2D eigenvalue weighted by Gasteiger charge is -2.53. The van der Waals surface area contributed by atoms with Crippen molar-refractivity contribution in [2.24, 2.45) is 5.41 Å². The monoisotopic (exact) mass is 342 g/mol. The van der Waals surface area contributed by atoms with Crippen LogP contribution in [0.4, 0.5) is 0 Å². The van der Waals surface area contributed by atoms with Gasteiger partial charge in [0.1, 0.15) is 5.82 Å². The van der Waals surface area contributed by atoms with Crippen LogP contribution in [0.1, 0.15) is 35.4 Å². The number of aliphatic hydroxyl groups excluding tert-OH is 1. The molecule has 2 aliphatic rings. The number of benzene rings is 1. The fourth-order valence-electron chi connectivity index (χ4n) is 4.65. The second-order valence-corrected chi connectivity index (χ2v) is 7.68. The molecule has 2 aromatic rings. The average molecular weight is 342 g/mol.